The first-order chi connectivity index (χ1) is 20.2. The van der Waals surface area contributed by atoms with Crippen molar-refractivity contribution in [1.82, 2.24) is 29.8 Å². The van der Waals surface area contributed by atoms with E-state index in [9.17, 15) is 0 Å². The van der Waals surface area contributed by atoms with Crippen molar-refractivity contribution >= 4 is 28.6 Å². The van der Waals surface area contributed by atoms with Gasteiger partial charge in [-0.25, -0.2) is 9.99 Å². The molecule has 3 heterocycles. The number of halogens is 1. The van der Waals surface area contributed by atoms with Crippen LogP contribution in [0.4, 0.5) is 5.82 Å². The van der Waals surface area contributed by atoms with Gasteiger partial charge in [0.05, 0.1) is 6.33 Å². The van der Waals surface area contributed by atoms with E-state index in [0.717, 1.165) is 49.1 Å². The third kappa shape index (κ3) is 8.51. The van der Waals surface area contributed by atoms with Crippen molar-refractivity contribution in [3.63, 3.8) is 0 Å². The molecule has 2 N–H and O–H groups in total. The van der Waals surface area contributed by atoms with Crippen LogP contribution in [-0.4, -0.2) is 37.6 Å². The summed E-state index contributed by atoms with van der Waals surface area (Å²) in [4.78, 5) is 13.5. The predicted molar refractivity (Wildman–Crippen MR) is 169 cm³/mol. The Morgan fingerprint density at radius 2 is 1.49 bits per heavy atom. The zero-order chi connectivity index (χ0) is 28.3. The van der Waals surface area contributed by atoms with Crippen molar-refractivity contribution in [1.29, 1.82) is 0 Å². The van der Waals surface area contributed by atoms with E-state index in [1.54, 1.807) is 0 Å². The Hall–Kier alpha value is -3.00. The summed E-state index contributed by atoms with van der Waals surface area (Å²) in [7, 11) is 0. The Labute approximate surface area is 249 Å². The molecule has 0 radical (unpaired) electrons. The van der Waals surface area contributed by atoms with Crippen LogP contribution >= 0.6 is 11.6 Å². The van der Waals surface area contributed by atoms with Gasteiger partial charge in [-0.3, -0.25) is 0 Å². The molecule has 1 saturated carbocycles. The van der Waals surface area contributed by atoms with Gasteiger partial charge in [0.2, 0.25) is 5.28 Å². The molecule has 218 valence electrons. The van der Waals surface area contributed by atoms with E-state index >= 15 is 0 Å². The largest absolute Gasteiger partial charge is 0.312 e. The number of anilines is 1. The maximum atomic E-state index is 6.24. The molecular weight excluding hydrogens is 530 g/mol. The van der Waals surface area contributed by atoms with Crippen LogP contribution in [-0.2, 0) is 13.1 Å². The standard InChI is InChI=1S/C19H29ClN6.C14H15N/c1-2-3-6-14-9-11-25(12-10-14)24-17-16-18(23-19(20)22-17)26(13-21-16)15-7-4-5-8-15;1-3-7-13(8-4-1)11-15-12-14-9-5-2-6-10-14/h13-15H,2-12H2,1H3,(H,22,23,24);1-10,15H,11-12H2. The molecule has 0 atom stereocenters. The lowest BCUT2D eigenvalue weighted by molar-refractivity contribution is 0.207. The van der Waals surface area contributed by atoms with E-state index in [0.29, 0.717) is 6.04 Å². The van der Waals surface area contributed by atoms with Crippen LogP contribution in [0.3, 0.4) is 0 Å². The lowest BCUT2D eigenvalue weighted by Crippen LogP contribution is -2.38. The Morgan fingerprint density at radius 1 is 0.854 bits per heavy atom. The van der Waals surface area contributed by atoms with E-state index < -0.39 is 0 Å². The Morgan fingerprint density at radius 3 is 2.10 bits per heavy atom. The van der Waals surface area contributed by atoms with E-state index in [4.69, 9.17) is 11.6 Å². The van der Waals surface area contributed by atoms with Crippen molar-refractivity contribution in [2.75, 3.05) is 18.5 Å². The molecule has 2 fully saturated rings. The third-order valence-corrected chi connectivity index (χ3v) is 8.47. The minimum atomic E-state index is 0.289. The molecule has 1 aliphatic carbocycles. The van der Waals surface area contributed by atoms with Crippen LogP contribution in [0.25, 0.3) is 11.2 Å². The van der Waals surface area contributed by atoms with Crippen LogP contribution in [0.15, 0.2) is 67.0 Å². The molecule has 0 spiro atoms. The molecule has 2 aliphatic rings. The van der Waals surface area contributed by atoms with Crippen molar-refractivity contribution < 1.29 is 0 Å². The van der Waals surface area contributed by atoms with Crippen LogP contribution in [0.5, 0.6) is 0 Å². The van der Waals surface area contributed by atoms with Gasteiger partial charge in [-0.05, 0) is 54.3 Å². The second-order valence-electron chi connectivity index (χ2n) is 11.4. The summed E-state index contributed by atoms with van der Waals surface area (Å²) in [6.45, 7) is 6.21. The van der Waals surface area contributed by atoms with Gasteiger partial charge < -0.3 is 15.3 Å². The van der Waals surface area contributed by atoms with Gasteiger partial charge in [-0.2, -0.15) is 9.97 Å². The third-order valence-electron chi connectivity index (χ3n) is 8.30. The van der Waals surface area contributed by atoms with E-state index in [-0.39, 0.29) is 5.28 Å². The number of unbranched alkanes of at least 4 members (excludes halogenated alkanes) is 1. The highest BCUT2D eigenvalue weighted by Crippen LogP contribution is 2.33. The average molecular weight is 574 g/mol. The van der Waals surface area contributed by atoms with Gasteiger partial charge in [0, 0.05) is 32.2 Å². The van der Waals surface area contributed by atoms with Crippen LogP contribution in [0, 0.1) is 5.92 Å². The zero-order valence-electron chi connectivity index (χ0n) is 24.3. The minimum absolute atomic E-state index is 0.289. The SMILES string of the molecule is CCCCC1CCN(Nc2nc(Cl)nc3c2ncn3C2CCCC2)CC1.c1ccc(CNCc2ccccc2)cc1. The number of hydrogen-bond acceptors (Lipinski definition) is 6. The highest BCUT2D eigenvalue weighted by atomic mass is 35.5. The fourth-order valence-corrected chi connectivity index (χ4v) is 6.10. The molecule has 0 unspecified atom stereocenters. The quantitative estimate of drug-likeness (QED) is 0.189. The lowest BCUT2D eigenvalue weighted by atomic mass is 9.92. The maximum absolute atomic E-state index is 6.24. The van der Waals surface area contributed by atoms with Gasteiger partial charge in [-0.15, -0.1) is 0 Å². The minimum Gasteiger partial charge on any atom is -0.312 e. The number of hydrazine groups is 1. The van der Waals surface area contributed by atoms with Crippen LogP contribution in [0.2, 0.25) is 5.28 Å². The Bertz CT molecular complexity index is 1270. The molecule has 0 bridgehead atoms. The topological polar surface area (TPSA) is 70.9 Å². The smallest absolute Gasteiger partial charge is 0.226 e. The number of nitrogens with one attached hydrogen (secondary N) is 2. The number of fused-ring (bicyclic) bond motifs is 1. The summed E-state index contributed by atoms with van der Waals surface area (Å²) in [5.74, 6) is 1.60. The summed E-state index contributed by atoms with van der Waals surface area (Å²) >= 11 is 6.24. The summed E-state index contributed by atoms with van der Waals surface area (Å²) < 4.78 is 2.19. The second kappa shape index (κ2) is 15.3. The van der Waals surface area contributed by atoms with Crippen LogP contribution < -0.4 is 10.7 Å². The summed E-state index contributed by atoms with van der Waals surface area (Å²) in [5, 5.41) is 5.97. The summed E-state index contributed by atoms with van der Waals surface area (Å²) in [5.41, 5.74) is 7.81. The number of rotatable bonds is 10. The molecule has 4 aromatic rings. The fourth-order valence-electron chi connectivity index (χ4n) is 5.94. The number of aromatic nitrogens is 4. The molecule has 8 heteroatoms. The van der Waals surface area contributed by atoms with Crippen molar-refractivity contribution in [2.24, 2.45) is 5.92 Å². The molecule has 0 amide bonds. The fraction of sp³-hybridized carbons (Fsp3) is 0.485. The lowest BCUT2D eigenvalue weighted by Gasteiger charge is -2.32. The number of benzene rings is 2. The maximum Gasteiger partial charge on any atom is 0.226 e. The molecule has 2 aromatic carbocycles. The van der Waals surface area contributed by atoms with E-state index in [1.165, 1.54) is 68.9 Å². The van der Waals surface area contributed by atoms with Crippen molar-refractivity contribution in [2.45, 2.75) is 83.8 Å². The Kier molecular flexibility index (Phi) is 11.0. The number of imidazole rings is 1. The Balaban J connectivity index is 0.000000191. The first kappa shape index (κ1) is 29.5. The van der Waals surface area contributed by atoms with Gasteiger partial charge in [0.1, 0.15) is 0 Å². The molecule has 7 nitrogen and oxygen atoms in total. The van der Waals surface area contributed by atoms with Crippen molar-refractivity contribution in [3.05, 3.63) is 83.4 Å². The van der Waals surface area contributed by atoms with Gasteiger partial charge in [0.15, 0.2) is 17.0 Å². The summed E-state index contributed by atoms with van der Waals surface area (Å²) in [6.07, 6.45) is 13.3. The zero-order valence-corrected chi connectivity index (χ0v) is 25.1. The van der Waals surface area contributed by atoms with E-state index in [2.05, 4.69) is 90.7 Å². The normalized spacial score (nSPS) is 16.5. The molecular formula is C33H44ClN7. The summed E-state index contributed by atoms with van der Waals surface area (Å²) in [6, 6.07) is 21.4. The molecule has 1 saturated heterocycles. The van der Waals surface area contributed by atoms with Gasteiger partial charge in [-0.1, -0.05) is 99.7 Å². The highest BCUT2D eigenvalue weighted by molar-refractivity contribution is 6.28. The van der Waals surface area contributed by atoms with E-state index in [1.807, 2.05) is 18.5 Å². The average Bonchev–Trinajstić information content (AvgIpc) is 3.69. The predicted octanol–water partition coefficient (Wildman–Crippen LogP) is 7.80. The van der Waals surface area contributed by atoms with Gasteiger partial charge >= 0.3 is 0 Å². The molecule has 6 rings (SSSR count). The number of piperidine rings is 1. The monoisotopic (exact) mass is 573 g/mol. The van der Waals surface area contributed by atoms with Gasteiger partial charge in [0.25, 0.3) is 0 Å². The highest BCUT2D eigenvalue weighted by Gasteiger charge is 2.24. The molecule has 2 aromatic heterocycles. The second-order valence-corrected chi connectivity index (χ2v) is 11.7. The first-order valence-electron chi connectivity index (χ1n) is 15.4. The number of nitrogens with zero attached hydrogens (tertiary/aromatic N) is 5. The van der Waals surface area contributed by atoms with Crippen LogP contribution in [0.1, 0.15) is 81.9 Å². The molecule has 1 aliphatic heterocycles. The first-order valence-corrected chi connectivity index (χ1v) is 15.8. The van der Waals surface area contributed by atoms with Crippen molar-refractivity contribution in [3.8, 4) is 0 Å². The molecule has 41 heavy (non-hydrogen) atoms. The number of hydrogen-bond donors (Lipinski definition) is 2.